The Kier molecular flexibility index (Phi) is 7.25. The van der Waals surface area contributed by atoms with Crippen molar-refractivity contribution in [2.24, 2.45) is 17.3 Å². The fraction of sp³-hybridized carbons (Fsp3) is 1.00. The van der Waals surface area contributed by atoms with E-state index in [0.717, 1.165) is 18.3 Å². The number of aliphatic hydroxyl groups is 1. The first-order valence-corrected chi connectivity index (χ1v) is 6.58. The molecular formula is C14H30O. The molecule has 0 aromatic heterocycles. The predicted molar refractivity (Wildman–Crippen MR) is 68.0 cm³/mol. The van der Waals surface area contributed by atoms with Gasteiger partial charge in [0.2, 0.25) is 0 Å². The first-order chi connectivity index (χ1) is 6.97. The summed E-state index contributed by atoms with van der Waals surface area (Å²) in [5.74, 6) is 1.66. The molecule has 15 heavy (non-hydrogen) atoms. The average molecular weight is 214 g/mol. The molecule has 0 saturated heterocycles. The van der Waals surface area contributed by atoms with Gasteiger partial charge in [0.25, 0.3) is 0 Å². The molecule has 0 spiro atoms. The number of hydrogen-bond acceptors (Lipinski definition) is 1. The number of unbranched alkanes of at least 4 members (excludes halogenated alkanes) is 1. The molecule has 1 N–H and O–H groups in total. The Morgan fingerprint density at radius 1 is 1.00 bits per heavy atom. The van der Waals surface area contributed by atoms with Crippen molar-refractivity contribution >= 4 is 0 Å². The van der Waals surface area contributed by atoms with E-state index >= 15 is 0 Å². The Morgan fingerprint density at radius 2 is 1.60 bits per heavy atom. The van der Waals surface area contributed by atoms with Gasteiger partial charge in [-0.1, -0.05) is 60.3 Å². The number of rotatable bonds is 7. The van der Waals surface area contributed by atoms with Gasteiger partial charge in [-0.25, -0.2) is 0 Å². The van der Waals surface area contributed by atoms with Gasteiger partial charge in [0.1, 0.15) is 0 Å². The van der Waals surface area contributed by atoms with Crippen LogP contribution in [0.4, 0.5) is 0 Å². The lowest BCUT2D eigenvalue weighted by molar-refractivity contribution is 0.136. The van der Waals surface area contributed by atoms with Gasteiger partial charge in [0.05, 0.1) is 0 Å². The van der Waals surface area contributed by atoms with Crippen LogP contribution < -0.4 is 0 Å². The molecule has 0 aliphatic carbocycles. The van der Waals surface area contributed by atoms with Gasteiger partial charge in [-0.05, 0) is 23.7 Å². The van der Waals surface area contributed by atoms with Crippen molar-refractivity contribution in [3.8, 4) is 0 Å². The van der Waals surface area contributed by atoms with Gasteiger partial charge in [-0.3, -0.25) is 0 Å². The summed E-state index contributed by atoms with van der Waals surface area (Å²) in [6.07, 6.45) is 5.99. The Labute approximate surface area is 96.3 Å². The molecule has 0 saturated carbocycles. The van der Waals surface area contributed by atoms with Crippen molar-refractivity contribution in [2.45, 2.75) is 66.7 Å². The van der Waals surface area contributed by atoms with E-state index < -0.39 is 0 Å². The van der Waals surface area contributed by atoms with Gasteiger partial charge in [-0.2, -0.15) is 0 Å². The summed E-state index contributed by atoms with van der Waals surface area (Å²) in [5.41, 5.74) is 0.425. The van der Waals surface area contributed by atoms with Gasteiger partial charge in [0, 0.05) is 6.61 Å². The normalized spacial score (nSPS) is 16.4. The lowest BCUT2D eigenvalue weighted by Crippen LogP contribution is -2.27. The van der Waals surface area contributed by atoms with Crippen LogP contribution in [0.2, 0.25) is 0 Å². The summed E-state index contributed by atoms with van der Waals surface area (Å²) < 4.78 is 0. The minimum absolute atomic E-state index is 0.350. The van der Waals surface area contributed by atoms with Crippen molar-refractivity contribution in [2.75, 3.05) is 6.61 Å². The Bertz CT molecular complexity index is 146. The summed E-state index contributed by atoms with van der Waals surface area (Å²) >= 11 is 0. The average Bonchev–Trinajstić information content (AvgIpc) is 2.14. The first-order valence-electron chi connectivity index (χ1n) is 6.58. The van der Waals surface area contributed by atoms with E-state index in [1.54, 1.807) is 0 Å². The molecule has 0 rings (SSSR count). The molecule has 0 radical (unpaired) electrons. The topological polar surface area (TPSA) is 20.2 Å². The van der Waals surface area contributed by atoms with Gasteiger partial charge >= 0.3 is 0 Å². The van der Waals surface area contributed by atoms with Crippen molar-refractivity contribution in [3.63, 3.8) is 0 Å². The second-order valence-electron chi connectivity index (χ2n) is 5.77. The molecule has 0 fully saturated rings. The van der Waals surface area contributed by atoms with Gasteiger partial charge < -0.3 is 5.11 Å². The van der Waals surface area contributed by atoms with Gasteiger partial charge in [0.15, 0.2) is 0 Å². The molecule has 2 unspecified atom stereocenters. The maximum absolute atomic E-state index is 8.81. The van der Waals surface area contributed by atoms with Crippen LogP contribution in [0.5, 0.6) is 0 Å². The van der Waals surface area contributed by atoms with Crippen LogP contribution in [0, 0.1) is 17.3 Å². The van der Waals surface area contributed by atoms with Crippen molar-refractivity contribution in [3.05, 3.63) is 0 Å². The summed E-state index contributed by atoms with van der Waals surface area (Å²) in [5, 5.41) is 8.81. The smallest absolute Gasteiger partial charge is 0.0431 e. The fourth-order valence-corrected chi connectivity index (χ4v) is 2.86. The van der Waals surface area contributed by atoms with Gasteiger partial charge in [-0.15, -0.1) is 0 Å². The second-order valence-corrected chi connectivity index (χ2v) is 5.77. The highest BCUT2D eigenvalue weighted by atomic mass is 16.2. The van der Waals surface area contributed by atoms with E-state index in [9.17, 15) is 0 Å². The molecule has 0 heterocycles. The van der Waals surface area contributed by atoms with Crippen LogP contribution in [0.25, 0.3) is 0 Å². The monoisotopic (exact) mass is 214 g/mol. The second kappa shape index (κ2) is 7.27. The van der Waals surface area contributed by atoms with Crippen LogP contribution >= 0.6 is 0 Å². The lowest BCUT2D eigenvalue weighted by atomic mass is 9.69. The molecule has 0 aromatic carbocycles. The van der Waals surface area contributed by atoms with E-state index in [4.69, 9.17) is 5.11 Å². The zero-order valence-corrected chi connectivity index (χ0v) is 11.3. The van der Waals surface area contributed by atoms with Crippen LogP contribution in [0.1, 0.15) is 66.7 Å². The molecular weight excluding hydrogens is 184 g/mol. The summed E-state index contributed by atoms with van der Waals surface area (Å²) in [6, 6.07) is 0. The Balaban J connectivity index is 4.22. The number of aliphatic hydroxyl groups excluding tert-OH is 1. The fourth-order valence-electron chi connectivity index (χ4n) is 2.86. The van der Waals surface area contributed by atoms with Crippen LogP contribution in [-0.4, -0.2) is 11.7 Å². The largest absolute Gasteiger partial charge is 0.396 e. The van der Waals surface area contributed by atoms with E-state index in [1.807, 2.05) is 0 Å². The third-order valence-corrected chi connectivity index (χ3v) is 3.63. The van der Waals surface area contributed by atoms with E-state index in [1.165, 1.54) is 25.7 Å². The first kappa shape index (κ1) is 15.0. The molecule has 1 heteroatoms. The Hall–Kier alpha value is -0.0400. The van der Waals surface area contributed by atoms with Crippen molar-refractivity contribution in [1.29, 1.82) is 0 Å². The minimum Gasteiger partial charge on any atom is -0.396 e. The maximum atomic E-state index is 8.81. The zero-order chi connectivity index (χ0) is 11.9. The summed E-state index contributed by atoms with van der Waals surface area (Å²) in [6.45, 7) is 12.0. The summed E-state index contributed by atoms with van der Waals surface area (Å²) in [7, 11) is 0. The van der Waals surface area contributed by atoms with E-state index in [2.05, 4.69) is 34.6 Å². The molecule has 0 aromatic rings. The van der Waals surface area contributed by atoms with E-state index in [-0.39, 0.29) is 0 Å². The predicted octanol–water partition coefficient (Wildman–Crippen LogP) is 4.25. The molecule has 0 aliphatic rings. The molecule has 2 atom stereocenters. The van der Waals surface area contributed by atoms with Crippen molar-refractivity contribution < 1.29 is 5.11 Å². The molecule has 0 amide bonds. The maximum Gasteiger partial charge on any atom is 0.0431 e. The summed E-state index contributed by atoms with van der Waals surface area (Å²) in [4.78, 5) is 0. The van der Waals surface area contributed by atoms with Crippen LogP contribution in [0.15, 0.2) is 0 Å². The van der Waals surface area contributed by atoms with E-state index in [0.29, 0.717) is 12.0 Å². The highest BCUT2D eigenvalue weighted by Gasteiger charge is 2.29. The zero-order valence-electron chi connectivity index (χ0n) is 11.3. The lowest BCUT2D eigenvalue weighted by Gasteiger charge is -2.36. The quantitative estimate of drug-likeness (QED) is 0.628. The highest BCUT2D eigenvalue weighted by molar-refractivity contribution is 4.79. The van der Waals surface area contributed by atoms with Crippen molar-refractivity contribution in [1.82, 2.24) is 0 Å². The minimum atomic E-state index is 0.350. The Morgan fingerprint density at radius 3 is 1.93 bits per heavy atom. The molecule has 0 aliphatic heterocycles. The third kappa shape index (κ3) is 5.55. The van der Waals surface area contributed by atoms with Crippen LogP contribution in [0.3, 0.4) is 0 Å². The molecule has 0 bridgehead atoms. The molecule has 1 nitrogen and oxygen atoms in total. The van der Waals surface area contributed by atoms with Crippen LogP contribution in [-0.2, 0) is 0 Å². The number of hydrogen-bond donors (Lipinski definition) is 1. The standard InChI is InChI=1S/C14H30O/c1-6-12(10-8-9-11-15)13(7-2)14(3,4)5/h12-13,15H,6-11H2,1-5H3. The molecule has 92 valence electrons. The third-order valence-electron chi connectivity index (χ3n) is 3.63. The SMILES string of the molecule is CCC(CCCCO)C(CC)C(C)(C)C. The highest BCUT2D eigenvalue weighted by Crippen LogP contribution is 2.38.